The molecule has 7 heteroatoms. The number of carbonyl (C=O) groups is 1. The van der Waals surface area contributed by atoms with Crippen LogP contribution < -0.4 is 0 Å². The summed E-state index contributed by atoms with van der Waals surface area (Å²) in [5.74, 6) is -0.241. The Labute approximate surface area is 133 Å². The zero-order valence-electron chi connectivity index (χ0n) is 14.8. The fraction of sp³-hybridized carbons (Fsp3) is 0.786. The van der Waals surface area contributed by atoms with Crippen LogP contribution in [0.3, 0.4) is 0 Å². The highest BCUT2D eigenvalue weighted by Gasteiger charge is 2.40. The van der Waals surface area contributed by atoms with Crippen molar-refractivity contribution in [1.29, 1.82) is 0 Å². The van der Waals surface area contributed by atoms with Crippen LogP contribution in [0.5, 0.6) is 0 Å². The van der Waals surface area contributed by atoms with Gasteiger partial charge in [-0.1, -0.05) is 6.08 Å². The predicted molar refractivity (Wildman–Crippen MR) is 95.7 cm³/mol. The first-order valence-electron chi connectivity index (χ1n) is 7.53. The third kappa shape index (κ3) is 10.3. The van der Waals surface area contributed by atoms with E-state index in [2.05, 4.69) is 45.8 Å². The predicted octanol–water partition coefficient (Wildman–Crippen LogP) is 3.66. The van der Waals surface area contributed by atoms with Crippen LogP contribution in [-0.4, -0.2) is 42.2 Å². The zero-order valence-corrected chi connectivity index (χ0v) is 17.8. The molecule has 0 rings (SSSR count). The van der Waals surface area contributed by atoms with Crippen molar-refractivity contribution in [2.24, 2.45) is 0 Å². The molecule has 0 aliphatic carbocycles. The van der Waals surface area contributed by atoms with E-state index < -0.39 is 31.3 Å². The summed E-state index contributed by atoms with van der Waals surface area (Å²) in [6.07, 6.45) is 2.52. The molecule has 1 atom stereocenters. The fourth-order valence-electron chi connectivity index (χ4n) is 2.23. The van der Waals surface area contributed by atoms with Crippen LogP contribution in [0.15, 0.2) is 12.2 Å². The van der Waals surface area contributed by atoms with E-state index in [4.69, 9.17) is 8.23 Å². The lowest BCUT2D eigenvalue weighted by Gasteiger charge is -2.38. The summed E-state index contributed by atoms with van der Waals surface area (Å²) in [5.41, 5.74) is 0. The molecule has 0 saturated heterocycles. The van der Waals surface area contributed by atoms with E-state index in [-0.39, 0.29) is 5.78 Å². The Morgan fingerprint density at radius 1 is 1.05 bits per heavy atom. The van der Waals surface area contributed by atoms with Crippen LogP contribution in [0.1, 0.15) is 13.3 Å². The fourth-order valence-corrected chi connectivity index (χ4v) is 14.8. The smallest absolute Gasteiger partial charge is 0.314 e. The van der Waals surface area contributed by atoms with Crippen LogP contribution in [0.25, 0.3) is 0 Å². The second kappa shape index (κ2) is 7.98. The largest absolute Gasteiger partial charge is 0.437 e. The van der Waals surface area contributed by atoms with Gasteiger partial charge in [-0.2, -0.15) is 0 Å². The monoisotopic (exact) mass is 348 g/mol. The molecule has 124 valence electrons. The lowest BCUT2D eigenvalue weighted by molar-refractivity contribution is -0.122. The van der Waals surface area contributed by atoms with Gasteiger partial charge in [0.15, 0.2) is 22.4 Å². The lowest BCUT2D eigenvalue weighted by Crippen LogP contribution is -2.52. The van der Waals surface area contributed by atoms with E-state index >= 15 is 0 Å². The molecule has 0 aliphatic rings. The van der Waals surface area contributed by atoms with Gasteiger partial charge >= 0.3 is 8.56 Å². The average Bonchev–Trinajstić information content (AvgIpc) is 2.20. The van der Waals surface area contributed by atoms with E-state index in [1.54, 1.807) is 13.0 Å². The third-order valence-electron chi connectivity index (χ3n) is 2.58. The number of hydrogen-bond donors (Lipinski definition) is 1. The van der Waals surface area contributed by atoms with Gasteiger partial charge in [0, 0.05) is 0 Å². The molecule has 0 aromatic carbocycles. The van der Waals surface area contributed by atoms with Gasteiger partial charge in [-0.3, -0.25) is 4.79 Å². The van der Waals surface area contributed by atoms with Gasteiger partial charge in [-0.05, 0) is 71.3 Å². The number of rotatable bonds is 9. The first kappa shape index (κ1) is 20.9. The molecular weight excluding hydrogens is 316 g/mol. The van der Waals surface area contributed by atoms with Gasteiger partial charge in [-0.15, -0.1) is 0 Å². The van der Waals surface area contributed by atoms with Gasteiger partial charge in [0.2, 0.25) is 0 Å². The van der Waals surface area contributed by atoms with Crippen molar-refractivity contribution < 1.29 is 18.1 Å². The molecule has 21 heavy (non-hydrogen) atoms. The molecule has 0 bridgehead atoms. The Morgan fingerprint density at radius 2 is 1.48 bits per heavy atom. The van der Waals surface area contributed by atoms with Crippen molar-refractivity contribution in [1.82, 2.24) is 0 Å². The summed E-state index contributed by atoms with van der Waals surface area (Å²) in [7, 11) is -5.82. The Kier molecular flexibility index (Phi) is 7.96. The molecule has 0 fully saturated rings. The van der Waals surface area contributed by atoms with Crippen LogP contribution in [-0.2, 0) is 13.0 Å². The van der Waals surface area contributed by atoms with Crippen LogP contribution >= 0.6 is 0 Å². The molecule has 0 saturated carbocycles. The highest BCUT2D eigenvalue weighted by Crippen LogP contribution is 2.26. The van der Waals surface area contributed by atoms with Gasteiger partial charge < -0.3 is 13.3 Å². The minimum atomic E-state index is -2.36. The van der Waals surface area contributed by atoms with Crippen LogP contribution in [0.2, 0.25) is 51.9 Å². The van der Waals surface area contributed by atoms with E-state index in [1.807, 2.05) is 0 Å². The molecule has 0 aromatic rings. The Bertz CT molecular complexity index is 353. The van der Waals surface area contributed by atoms with Crippen molar-refractivity contribution >= 4 is 31.0 Å². The Morgan fingerprint density at radius 3 is 1.81 bits per heavy atom. The summed E-state index contributed by atoms with van der Waals surface area (Å²) < 4.78 is 12.7. The second-order valence-electron chi connectivity index (χ2n) is 7.52. The normalized spacial score (nSPS) is 15.5. The van der Waals surface area contributed by atoms with Crippen molar-refractivity contribution in [3.05, 3.63) is 12.2 Å². The first-order valence-corrected chi connectivity index (χ1v) is 16.9. The molecule has 0 amide bonds. The summed E-state index contributed by atoms with van der Waals surface area (Å²) in [6, 6.07) is 0.645. The van der Waals surface area contributed by atoms with Crippen molar-refractivity contribution in [3.63, 3.8) is 0 Å². The van der Waals surface area contributed by atoms with Gasteiger partial charge in [-0.25, -0.2) is 0 Å². The number of allylic oxidation sites excluding steroid dienone is 1. The molecule has 1 unspecified atom stereocenters. The maximum Gasteiger partial charge on any atom is 0.314 e. The van der Waals surface area contributed by atoms with E-state index in [9.17, 15) is 9.90 Å². The van der Waals surface area contributed by atoms with Crippen LogP contribution in [0.4, 0.5) is 0 Å². The minimum absolute atomic E-state index is 0.241. The zero-order chi connectivity index (χ0) is 16.9. The molecule has 0 radical (unpaired) electrons. The molecule has 0 aliphatic heterocycles. The van der Waals surface area contributed by atoms with Gasteiger partial charge in [0.1, 0.15) is 6.10 Å². The van der Waals surface area contributed by atoms with Gasteiger partial charge in [0.25, 0.3) is 0 Å². The number of carbonyl (C=O) groups excluding carboxylic acids is 1. The van der Waals surface area contributed by atoms with Gasteiger partial charge in [0.05, 0.1) is 0 Å². The lowest BCUT2D eigenvalue weighted by atomic mass is 10.2. The number of hydrogen-bond acceptors (Lipinski definition) is 4. The minimum Gasteiger partial charge on any atom is -0.437 e. The molecule has 4 nitrogen and oxygen atoms in total. The molecular formula is C14H32O4Si3. The Hall–Kier alpha value is -0.0594. The highest BCUT2D eigenvalue weighted by molar-refractivity contribution is 6.87. The first-order chi connectivity index (χ1) is 9.28. The Balaban J connectivity index is 4.87. The molecule has 1 N–H and O–H groups in total. The maximum absolute atomic E-state index is 11.6. The number of aliphatic hydroxyl groups excluding tert-OH is 1. The quantitative estimate of drug-likeness (QED) is 0.510. The standard InChI is InChI=1S/C14H32O4Si3/c1-9-10-13(15)14(16)11-12-21(8,17-19(2,3)4)18-20(5,6)7/h9-10,14,16H,11-12H2,1-8H3. The summed E-state index contributed by atoms with van der Waals surface area (Å²) in [4.78, 5) is 11.6. The highest BCUT2D eigenvalue weighted by atomic mass is 28.5. The van der Waals surface area contributed by atoms with Crippen molar-refractivity contribution in [3.8, 4) is 0 Å². The van der Waals surface area contributed by atoms with E-state index in [0.29, 0.717) is 12.5 Å². The summed E-state index contributed by atoms with van der Waals surface area (Å²) >= 11 is 0. The van der Waals surface area contributed by atoms with E-state index in [0.717, 1.165) is 0 Å². The van der Waals surface area contributed by atoms with Crippen molar-refractivity contribution in [2.75, 3.05) is 0 Å². The summed E-state index contributed by atoms with van der Waals surface area (Å²) in [5, 5.41) is 9.94. The second-order valence-corrected chi connectivity index (χ2v) is 20.4. The summed E-state index contributed by atoms with van der Waals surface area (Å²) in [6.45, 7) is 16.7. The SMILES string of the molecule is CC=CC(=O)C(O)CC[Si](C)(O[Si](C)(C)C)O[Si](C)(C)C. The molecule has 0 aromatic heterocycles. The molecule has 0 heterocycles. The molecule has 0 spiro atoms. The number of ketones is 1. The number of aliphatic hydroxyl groups is 1. The topological polar surface area (TPSA) is 55.8 Å². The van der Waals surface area contributed by atoms with E-state index in [1.165, 1.54) is 6.08 Å². The average molecular weight is 349 g/mol. The maximum atomic E-state index is 11.6. The van der Waals surface area contributed by atoms with Crippen LogP contribution in [0, 0.1) is 0 Å². The van der Waals surface area contributed by atoms with Crippen molar-refractivity contribution in [2.45, 2.75) is 71.3 Å². The third-order valence-corrected chi connectivity index (χ3v) is 12.1.